The van der Waals surface area contributed by atoms with Crippen molar-refractivity contribution < 1.29 is 13.2 Å². The monoisotopic (exact) mass is 525 g/mol. The van der Waals surface area contributed by atoms with Gasteiger partial charge in [-0.25, -0.2) is 8.42 Å². The molecule has 0 saturated heterocycles. The number of halogens is 1. The van der Waals surface area contributed by atoms with Crippen LogP contribution in [0.1, 0.15) is 32.0 Å². The highest BCUT2D eigenvalue weighted by molar-refractivity contribution is 7.92. The Kier molecular flexibility index (Phi) is 6.62. The molecule has 0 spiro atoms. The fraction of sp³-hybridized carbons (Fsp3) is 0.259. The van der Waals surface area contributed by atoms with Crippen LogP contribution in [0.3, 0.4) is 0 Å². The summed E-state index contributed by atoms with van der Waals surface area (Å²) < 4.78 is 31.4. The van der Waals surface area contributed by atoms with Crippen LogP contribution >= 0.6 is 11.6 Å². The standard InChI is InChI=1S/C27H28ClN3O4S/c1-15-23(28)13-20(26(32)30-15)19-12-22(27(2,3)4)25(35-5)21-11-17(14-29-24(19)21)16-7-9-18(10-8-16)31-36(6,33)34/h7-14,31H,1-6H3,(H,30,32). The number of aryl methyl sites for hydroxylation is 1. The first-order valence-corrected chi connectivity index (χ1v) is 13.5. The highest BCUT2D eigenvalue weighted by Gasteiger charge is 2.25. The van der Waals surface area contributed by atoms with E-state index in [0.29, 0.717) is 38.8 Å². The molecule has 188 valence electrons. The van der Waals surface area contributed by atoms with Crippen LogP contribution in [-0.2, 0) is 15.4 Å². The van der Waals surface area contributed by atoms with Crippen molar-refractivity contribution in [1.82, 2.24) is 9.97 Å². The van der Waals surface area contributed by atoms with Gasteiger partial charge in [-0.15, -0.1) is 0 Å². The van der Waals surface area contributed by atoms with E-state index in [9.17, 15) is 13.2 Å². The maximum absolute atomic E-state index is 12.9. The molecule has 4 rings (SSSR count). The molecule has 0 amide bonds. The predicted octanol–water partition coefficient (Wildman–Crippen LogP) is 5.90. The number of hydrogen-bond acceptors (Lipinski definition) is 5. The average molecular weight is 526 g/mol. The van der Waals surface area contributed by atoms with E-state index in [1.807, 2.05) is 24.3 Å². The molecule has 9 heteroatoms. The zero-order valence-corrected chi connectivity index (χ0v) is 22.6. The summed E-state index contributed by atoms with van der Waals surface area (Å²) in [5, 5.41) is 1.22. The number of fused-ring (bicyclic) bond motifs is 1. The molecule has 2 aromatic carbocycles. The quantitative estimate of drug-likeness (QED) is 0.338. The van der Waals surface area contributed by atoms with E-state index in [2.05, 4.69) is 30.5 Å². The molecule has 4 aromatic rings. The molecule has 7 nitrogen and oxygen atoms in total. The lowest BCUT2D eigenvalue weighted by molar-refractivity contribution is 0.402. The number of aromatic amines is 1. The Hall–Kier alpha value is -3.36. The normalized spacial score (nSPS) is 12.1. The summed E-state index contributed by atoms with van der Waals surface area (Å²) in [6, 6.07) is 12.6. The molecular formula is C27H28ClN3O4S. The number of H-pyrrole nitrogens is 1. The van der Waals surface area contributed by atoms with Crippen molar-refractivity contribution in [3.05, 3.63) is 75.3 Å². The molecule has 0 aliphatic heterocycles. The van der Waals surface area contributed by atoms with Crippen molar-refractivity contribution in [2.24, 2.45) is 0 Å². The molecule has 0 unspecified atom stereocenters. The van der Waals surface area contributed by atoms with Crippen LogP contribution in [0, 0.1) is 6.92 Å². The lowest BCUT2D eigenvalue weighted by Gasteiger charge is -2.25. The molecule has 0 radical (unpaired) electrons. The first-order chi connectivity index (χ1) is 16.8. The van der Waals surface area contributed by atoms with E-state index in [1.54, 1.807) is 38.4 Å². The highest BCUT2D eigenvalue weighted by Crippen LogP contribution is 2.42. The second-order valence-corrected chi connectivity index (χ2v) is 12.0. The van der Waals surface area contributed by atoms with Gasteiger partial charge in [-0.2, -0.15) is 0 Å². The van der Waals surface area contributed by atoms with Crippen LogP contribution in [0.5, 0.6) is 5.75 Å². The zero-order chi connectivity index (χ0) is 26.4. The maximum Gasteiger partial charge on any atom is 0.256 e. The van der Waals surface area contributed by atoms with Gasteiger partial charge in [0.05, 0.1) is 29.5 Å². The van der Waals surface area contributed by atoms with E-state index < -0.39 is 10.0 Å². The summed E-state index contributed by atoms with van der Waals surface area (Å²) in [6.45, 7) is 7.99. The van der Waals surface area contributed by atoms with E-state index >= 15 is 0 Å². The van der Waals surface area contributed by atoms with Gasteiger partial charge in [0.2, 0.25) is 10.0 Å². The topological polar surface area (TPSA) is 101 Å². The van der Waals surface area contributed by atoms with Gasteiger partial charge in [-0.3, -0.25) is 14.5 Å². The Morgan fingerprint density at radius 1 is 1.03 bits per heavy atom. The van der Waals surface area contributed by atoms with Gasteiger partial charge >= 0.3 is 0 Å². The molecule has 2 N–H and O–H groups in total. The number of nitrogens with zero attached hydrogens (tertiary/aromatic N) is 1. The third-order valence-electron chi connectivity index (χ3n) is 5.92. The summed E-state index contributed by atoms with van der Waals surface area (Å²) in [6.07, 6.45) is 2.84. The second-order valence-electron chi connectivity index (χ2n) is 9.81. The smallest absolute Gasteiger partial charge is 0.256 e. The van der Waals surface area contributed by atoms with Gasteiger partial charge in [-0.1, -0.05) is 44.5 Å². The molecule has 2 heterocycles. The Bertz CT molecular complexity index is 1640. The Balaban J connectivity index is 1.98. The van der Waals surface area contributed by atoms with Gasteiger partial charge in [0, 0.05) is 39.7 Å². The highest BCUT2D eigenvalue weighted by atomic mass is 35.5. The number of hydrogen-bond donors (Lipinski definition) is 2. The molecule has 0 atom stereocenters. The molecule has 0 fully saturated rings. The fourth-order valence-electron chi connectivity index (χ4n) is 4.16. The van der Waals surface area contributed by atoms with Gasteiger partial charge in [0.15, 0.2) is 0 Å². The molecule has 0 saturated carbocycles. The second kappa shape index (κ2) is 9.26. The summed E-state index contributed by atoms with van der Waals surface area (Å²) >= 11 is 6.38. The first-order valence-electron chi connectivity index (χ1n) is 11.3. The lowest BCUT2D eigenvalue weighted by Crippen LogP contribution is -2.15. The minimum absolute atomic E-state index is 0.247. The average Bonchev–Trinajstić information content (AvgIpc) is 2.79. The number of methoxy groups -OCH3 is 1. The number of aromatic nitrogens is 2. The molecule has 2 aromatic heterocycles. The zero-order valence-electron chi connectivity index (χ0n) is 21.0. The van der Waals surface area contributed by atoms with E-state index in [-0.39, 0.29) is 11.0 Å². The minimum atomic E-state index is -3.37. The number of ether oxygens (including phenoxy) is 1. The third-order valence-corrected chi connectivity index (χ3v) is 6.92. The summed E-state index contributed by atoms with van der Waals surface area (Å²) in [4.78, 5) is 20.5. The molecule has 0 aliphatic rings. The number of sulfonamides is 1. The Morgan fingerprint density at radius 3 is 2.28 bits per heavy atom. The fourth-order valence-corrected chi connectivity index (χ4v) is 4.88. The van der Waals surface area contributed by atoms with E-state index in [1.165, 1.54) is 0 Å². The van der Waals surface area contributed by atoms with E-state index in [4.69, 9.17) is 21.3 Å². The van der Waals surface area contributed by atoms with Crippen molar-refractivity contribution in [2.75, 3.05) is 18.1 Å². The summed E-state index contributed by atoms with van der Waals surface area (Å²) in [7, 11) is -1.75. The summed E-state index contributed by atoms with van der Waals surface area (Å²) in [5.74, 6) is 0.681. The van der Waals surface area contributed by atoms with Crippen LogP contribution in [-0.4, -0.2) is 31.8 Å². The molecule has 0 aliphatic carbocycles. The first kappa shape index (κ1) is 25.7. The number of pyridine rings is 2. The summed E-state index contributed by atoms with van der Waals surface area (Å²) in [5.41, 5.74) is 4.85. The van der Waals surface area contributed by atoms with Crippen LogP contribution < -0.4 is 15.0 Å². The van der Waals surface area contributed by atoms with Crippen LogP contribution in [0.4, 0.5) is 5.69 Å². The molecular weight excluding hydrogens is 498 g/mol. The molecule has 36 heavy (non-hydrogen) atoms. The largest absolute Gasteiger partial charge is 0.496 e. The number of nitrogens with one attached hydrogen (secondary N) is 2. The minimum Gasteiger partial charge on any atom is -0.496 e. The van der Waals surface area contributed by atoms with E-state index in [0.717, 1.165) is 28.3 Å². The number of anilines is 1. The van der Waals surface area contributed by atoms with Crippen LogP contribution in [0.2, 0.25) is 5.02 Å². The molecule has 0 bridgehead atoms. The SMILES string of the molecule is COc1c(C(C)(C)C)cc(-c2cc(Cl)c(C)[nH]c2=O)c2ncc(-c3ccc(NS(C)(=O)=O)cc3)cc12. The van der Waals surface area contributed by atoms with Gasteiger partial charge in [0.25, 0.3) is 5.56 Å². The van der Waals surface area contributed by atoms with Crippen molar-refractivity contribution in [3.8, 4) is 28.0 Å². The van der Waals surface area contributed by atoms with Crippen molar-refractivity contribution in [3.63, 3.8) is 0 Å². The Morgan fingerprint density at radius 2 is 1.69 bits per heavy atom. The number of rotatable bonds is 5. The van der Waals surface area contributed by atoms with Crippen molar-refractivity contribution in [2.45, 2.75) is 33.1 Å². The predicted molar refractivity (Wildman–Crippen MR) is 147 cm³/mol. The van der Waals surface area contributed by atoms with Crippen LogP contribution in [0.25, 0.3) is 33.2 Å². The lowest BCUT2D eigenvalue weighted by atomic mass is 9.83. The third kappa shape index (κ3) is 5.10. The Labute approximate surface area is 215 Å². The van der Waals surface area contributed by atoms with Gasteiger partial charge < -0.3 is 9.72 Å². The van der Waals surface area contributed by atoms with Crippen molar-refractivity contribution >= 4 is 38.2 Å². The van der Waals surface area contributed by atoms with Gasteiger partial charge in [0.1, 0.15) is 5.75 Å². The number of benzene rings is 2. The van der Waals surface area contributed by atoms with Crippen molar-refractivity contribution in [1.29, 1.82) is 0 Å². The maximum atomic E-state index is 12.9. The van der Waals surface area contributed by atoms with Gasteiger partial charge in [-0.05, 0) is 48.2 Å². The van der Waals surface area contributed by atoms with Crippen LogP contribution in [0.15, 0.2) is 53.5 Å².